The second-order valence-corrected chi connectivity index (χ2v) is 6.71. The summed E-state index contributed by atoms with van der Waals surface area (Å²) >= 11 is 0. The maximum absolute atomic E-state index is 9.71. The summed E-state index contributed by atoms with van der Waals surface area (Å²) in [6.45, 7) is 11.1. The second-order valence-electron chi connectivity index (χ2n) is 6.71. The molecule has 90 valence electrons. The molecule has 0 spiro atoms. The summed E-state index contributed by atoms with van der Waals surface area (Å²) in [5, 5.41) is 17.0. The second kappa shape index (κ2) is 3.10. The molecule has 0 aromatic carbocycles. The molecular weight excluding hydrogens is 200 g/mol. The average molecular weight is 222 g/mol. The van der Waals surface area contributed by atoms with E-state index >= 15 is 0 Å². The predicted octanol–water partition coefficient (Wildman–Crippen LogP) is 2.37. The van der Waals surface area contributed by atoms with E-state index in [2.05, 4.69) is 44.8 Å². The Morgan fingerprint density at radius 1 is 1.44 bits per heavy atom. The molecule has 1 aliphatic carbocycles. The monoisotopic (exact) mass is 222 g/mol. The van der Waals surface area contributed by atoms with Crippen molar-refractivity contribution in [3.05, 3.63) is 17.5 Å². The summed E-state index contributed by atoms with van der Waals surface area (Å²) in [5.74, 6) is 0. The highest BCUT2D eigenvalue weighted by molar-refractivity contribution is 5.41. The fourth-order valence-electron chi connectivity index (χ4n) is 2.75. The molecule has 0 amide bonds. The molecule has 0 saturated heterocycles. The lowest BCUT2D eigenvalue weighted by molar-refractivity contribution is 0.230. The number of nitrogens with one attached hydrogen (secondary N) is 1. The van der Waals surface area contributed by atoms with Gasteiger partial charge in [-0.2, -0.15) is 5.10 Å². The van der Waals surface area contributed by atoms with Crippen molar-refractivity contribution in [2.45, 2.75) is 51.9 Å². The number of nitrogens with zero attached hydrogens (tertiary/aromatic N) is 1. The highest BCUT2D eigenvalue weighted by atomic mass is 16.3. The molecule has 2 rings (SSSR count). The van der Waals surface area contributed by atoms with Crippen LogP contribution in [-0.4, -0.2) is 21.9 Å². The number of aliphatic hydroxyl groups excluding tert-OH is 1. The van der Waals surface area contributed by atoms with Crippen LogP contribution in [-0.2, 0) is 10.8 Å². The van der Waals surface area contributed by atoms with Crippen LogP contribution in [0.25, 0.3) is 0 Å². The molecule has 1 aromatic rings. The third kappa shape index (κ3) is 1.41. The van der Waals surface area contributed by atoms with Crippen LogP contribution < -0.4 is 0 Å². The zero-order valence-corrected chi connectivity index (χ0v) is 10.9. The molecule has 1 aromatic heterocycles. The van der Waals surface area contributed by atoms with Crippen molar-refractivity contribution in [3.63, 3.8) is 0 Å². The predicted molar refractivity (Wildman–Crippen MR) is 64.4 cm³/mol. The number of rotatable bonds is 2. The lowest BCUT2D eigenvalue weighted by atomic mass is 9.81. The quantitative estimate of drug-likeness (QED) is 0.807. The third-order valence-corrected chi connectivity index (χ3v) is 4.09. The number of aliphatic hydroxyl groups is 1. The molecule has 16 heavy (non-hydrogen) atoms. The number of hydrogen-bond donors (Lipinski definition) is 2. The van der Waals surface area contributed by atoms with Crippen LogP contribution in [0.1, 0.15) is 52.3 Å². The van der Waals surface area contributed by atoms with Crippen molar-refractivity contribution in [2.24, 2.45) is 5.41 Å². The van der Waals surface area contributed by atoms with Gasteiger partial charge in [-0.15, -0.1) is 0 Å². The van der Waals surface area contributed by atoms with Crippen molar-refractivity contribution >= 4 is 0 Å². The Kier molecular flexibility index (Phi) is 2.26. The highest BCUT2D eigenvalue weighted by Crippen LogP contribution is 2.64. The molecule has 1 saturated carbocycles. The summed E-state index contributed by atoms with van der Waals surface area (Å²) < 4.78 is 0. The van der Waals surface area contributed by atoms with E-state index in [0.29, 0.717) is 0 Å². The number of H-pyrrole nitrogens is 1. The molecule has 1 aliphatic rings. The molecule has 3 heteroatoms. The van der Waals surface area contributed by atoms with E-state index in [1.54, 1.807) is 0 Å². The average Bonchev–Trinajstić information content (AvgIpc) is 2.59. The van der Waals surface area contributed by atoms with E-state index in [4.69, 9.17) is 0 Å². The lowest BCUT2D eigenvalue weighted by Gasteiger charge is -2.24. The smallest absolute Gasteiger partial charge is 0.0534 e. The van der Waals surface area contributed by atoms with Gasteiger partial charge in [0.25, 0.3) is 0 Å². The van der Waals surface area contributed by atoms with Crippen LogP contribution in [0.2, 0.25) is 0 Å². The van der Waals surface area contributed by atoms with Gasteiger partial charge < -0.3 is 5.11 Å². The molecular formula is C13H22N2O. The largest absolute Gasteiger partial charge is 0.395 e. The van der Waals surface area contributed by atoms with Gasteiger partial charge in [-0.3, -0.25) is 5.10 Å². The molecule has 1 atom stereocenters. The normalized spacial score (nSPS) is 28.1. The van der Waals surface area contributed by atoms with Crippen LogP contribution >= 0.6 is 0 Å². The molecule has 3 nitrogen and oxygen atoms in total. The summed E-state index contributed by atoms with van der Waals surface area (Å²) in [5.41, 5.74) is 2.51. The Labute approximate surface area is 97.3 Å². The van der Waals surface area contributed by atoms with E-state index in [1.807, 2.05) is 6.20 Å². The van der Waals surface area contributed by atoms with Crippen LogP contribution in [0, 0.1) is 5.41 Å². The van der Waals surface area contributed by atoms with Crippen LogP contribution in [0.4, 0.5) is 0 Å². The highest BCUT2D eigenvalue weighted by Gasteiger charge is 2.63. The van der Waals surface area contributed by atoms with Crippen LogP contribution in [0.3, 0.4) is 0 Å². The maximum Gasteiger partial charge on any atom is 0.0534 e. The SMILES string of the molecule is CC(C)(C)c1[nH]ncc1C1(CO)CC1(C)C. The Bertz CT molecular complexity index is 400. The standard InChI is InChI=1S/C13H22N2O/c1-11(2,3)10-9(6-14-15-10)13(8-16)7-12(13,4)5/h6,16H,7-8H2,1-5H3,(H,14,15). The van der Waals surface area contributed by atoms with Gasteiger partial charge in [-0.05, 0) is 11.8 Å². The Morgan fingerprint density at radius 2 is 2.00 bits per heavy atom. The van der Waals surface area contributed by atoms with E-state index in [9.17, 15) is 5.11 Å². The van der Waals surface area contributed by atoms with Gasteiger partial charge in [-0.25, -0.2) is 0 Å². The van der Waals surface area contributed by atoms with E-state index in [1.165, 1.54) is 5.56 Å². The van der Waals surface area contributed by atoms with Crippen molar-refractivity contribution in [1.82, 2.24) is 10.2 Å². The van der Waals surface area contributed by atoms with Crippen molar-refractivity contribution < 1.29 is 5.11 Å². The Hall–Kier alpha value is -0.830. The van der Waals surface area contributed by atoms with Gasteiger partial charge in [0.2, 0.25) is 0 Å². The fourth-order valence-corrected chi connectivity index (χ4v) is 2.75. The van der Waals surface area contributed by atoms with Crippen molar-refractivity contribution in [1.29, 1.82) is 0 Å². The van der Waals surface area contributed by atoms with Gasteiger partial charge >= 0.3 is 0 Å². The number of aromatic nitrogens is 2. The summed E-state index contributed by atoms with van der Waals surface area (Å²) in [4.78, 5) is 0. The minimum atomic E-state index is -0.0807. The van der Waals surface area contributed by atoms with Gasteiger partial charge in [-0.1, -0.05) is 34.6 Å². The van der Waals surface area contributed by atoms with E-state index in [0.717, 1.165) is 12.1 Å². The van der Waals surface area contributed by atoms with Gasteiger partial charge in [0.15, 0.2) is 0 Å². The molecule has 2 N–H and O–H groups in total. The van der Waals surface area contributed by atoms with Gasteiger partial charge in [0, 0.05) is 22.1 Å². The zero-order valence-electron chi connectivity index (χ0n) is 10.9. The summed E-state index contributed by atoms with van der Waals surface area (Å²) in [6, 6.07) is 0. The van der Waals surface area contributed by atoms with E-state index in [-0.39, 0.29) is 22.9 Å². The molecule has 0 radical (unpaired) electrons. The number of aromatic amines is 1. The molecule has 1 fully saturated rings. The third-order valence-electron chi connectivity index (χ3n) is 4.09. The minimum absolute atomic E-state index is 0.0483. The topological polar surface area (TPSA) is 48.9 Å². The fraction of sp³-hybridized carbons (Fsp3) is 0.769. The van der Waals surface area contributed by atoms with Crippen molar-refractivity contribution in [3.8, 4) is 0 Å². The Balaban J connectivity index is 2.47. The molecule has 0 bridgehead atoms. The van der Waals surface area contributed by atoms with Gasteiger partial charge in [0.1, 0.15) is 0 Å². The summed E-state index contributed by atoms with van der Waals surface area (Å²) in [7, 11) is 0. The first-order valence-corrected chi connectivity index (χ1v) is 5.90. The van der Waals surface area contributed by atoms with Crippen LogP contribution in [0.5, 0.6) is 0 Å². The molecule has 1 heterocycles. The summed E-state index contributed by atoms with van der Waals surface area (Å²) in [6.07, 6.45) is 2.94. The molecule has 0 aliphatic heterocycles. The Morgan fingerprint density at radius 3 is 2.38 bits per heavy atom. The minimum Gasteiger partial charge on any atom is -0.395 e. The first-order valence-electron chi connectivity index (χ1n) is 5.90. The van der Waals surface area contributed by atoms with Gasteiger partial charge in [0.05, 0.1) is 12.8 Å². The zero-order chi connectivity index (χ0) is 12.2. The van der Waals surface area contributed by atoms with E-state index < -0.39 is 0 Å². The first kappa shape index (κ1) is 11.6. The van der Waals surface area contributed by atoms with Crippen LogP contribution in [0.15, 0.2) is 6.20 Å². The first-order chi connectivity index (χ1) is 7.24. The maximum atomic E-state index is 9.71. The molecule has 1 unspecified atom stereocenters. The number of hydrogen-bond acceptors (Lipinski definition) is 2. The van der Waals surface area contributed by atoms with Crippen molar-refractivity contribution in [2.75, 3.05) is 6.61 Å². The lowest BCUT2D eigenvalue weighted by Crippen LogP contribution is -2.24.